The van der Waals surface area contributed by atoms with Crippen LogP contribution in [-0.4, -0.2) is 0 Å². The highest BCUT2D eigenvalue weighted by atomic mass is 19.1. The number of hydrogen-bond donors (Lipinski definition) is 1. The molecule has 0 atom stereocenters. The summed E-state index contributed by atoms with van der Waals surface area (Å²) in [5, 5.41) is 11.6. The molecule has 0 aromatic heterocycles. The lowest BCUT2D eigenvalue weighted by Crippen LogP contribution is -2.04. The first-order valence-electron chi connectivity index (χ1n) is 5.48. The standard InChI is InChI=1S/C14H9F3N2/c15-10-5-4-9(13(17)6-10)8-19-14-3-1-2-12(16)11(14)7-18/h1-6,19H,8H2. The molecule has 0 spiro atoms. The van der Waals surface area contributed by atoms with Crippen LogP contribution in [0.2, 0.25) is 0 Å². The molecule has 2 rings (SSSR count). The van der Waals surface area contributed by atoms with Gasteiger partial charge in [-0.15, -0.1) is 0 Å². The zero-order valence-electron chi connectivity index (χ0n) is 9.75. The van der Waals surface area contributed by atoms with E-state index in [1.165, 1.54) is 24.3 Å². The normalized spacial score (nSPS) is 10.0. The fraction of sp³-hybridized carbons (Fsp3) is 0.0714. The van der Waals surface area contributed by atoms with Gasteiger partial charge in [-0.3, -0.25) is 0 Å². The second-order valence-corrected chi connectivity index (χ2v) is 3.86. The minimum Gasteiger partial charge on any atom is -0.380 e. The van der Waals surface area contributed by atoms with Crippen molar-refractivity contribution in [3.8, 4) is 6.07 Å². The third-order valence-electron chi connectivity index (χ3n) is 2.61. The Bertz CT molecular complexity index is 648. The number of anilines is 1. The van der Waals surface area contributed by atoms with E-state index >= 15 is 0 Å². The molecule has 0 saturated carbocycles. The average molecular weight is 262 g/mol. The highest BCUT2D eigenvalue weighted by Crippen LogP contribution is 2.19. The summed E-state index contributed by atoms with van der Waals surface area (Å²) in [7, 11) is 0. The molecular weight excluding hydrogens is 253 g/mol. The largest absolute Gasteiger partial charge is 0.380 e. The summed E-state index contributed by atoms with van der Waals surface area (Å²) >= 11 is 0. The fourth-order valence-electron chi connectivity index (χ4n) is 1.64. The van der Waals surface area contributed by atoms with Crippen LogP contribution in [0, 0.1) is 28.8 Å². The van der Waals surface area contributed by atoms with E-state index in [-0.39, 0.29) is 23.4 Å². The van der Waals surface area contributed by atoms with Crippen molar-refractivity contribution >= 4 is 5.69 Å². The second kappa shape index (κ2) is 5.44. The lowest BCUT2D eigenvalue weighted by Gasteiger charge is -2.09. The molecule has 0 bridgehead atoms. The third kappa shape index (κ3) is 2.86. The summed E-state index contributed by atoms with van der Waals surface area (Å²) in [5.74, 6) is -2.00. The molecule has 2 aromatic rings. The van der Waals surface area contributed by atoms with Crippen LogP contribution in [0.5, 0.6) is 0 Å². The molecule has 0 aliphatic rings. The van der Waals surface area contributed by atoms with Gasteiger partial charge in [0, 0.05) is 18.2 Å². The molecule has 1 N–H and O–H groups in total. The summed E-state index contributed by atoms with van der Waals surface area (Å²) < 4.78 is 39.4. The van der Waals surface area contributed by atoms with Gasteiger partial charge in [0.2, 0.25) is 0 Å². The Labute approximate surface area is 108 Å². The van der Waals surface area contributed by atoms with Gasteiger partial charge in [-0.1, -0.05) is 12.1 Å². The monoisotopic (exact) mass is 262 g/mol. The number of hydrogen-bond acceptors (Lipinski definition) is 2. The van der Waals surface area contributed by atoms with Crippen LogP contribution in [0.1, 0.15) is 11.1 Å². The van der Waals surface area contributed by atoms with Gasteiger partial charge in [0.05, 0.1) is 5.69 Å². The first-order valence-corrected chi connectivity index (χ1v) is 5.48. The van der Waals surface area contributed by atoms with Crippen LogP contribution in [0.3, 0.4) is 0 Å². The highest BCUT2D eigenvalue weighted by Gasteiger charge is 2.08. The number of nitriles is 1. The van der Waals surface area contributed by atoms with Crippen molar-refractivity contribution in [1.29, 1.82) is 5.26 Å². The Morgan fingerprint density at radius 3 is 2.53 bits per heavy atom. The zero-order valence-corrected chi connectivity index (χ0v) is 9.75. The molecule has 0 aliphatic heterocycles. The summed E-state index contributed by atoms with van der Waals surface area (Å²) in [4.78, 5) is 0. The Balaban J connectivity index is 2.20. The Kier molecular flexibility index (Phi) is 3.71. The predicted molar refractivity (Wildman–Crippen MR) is 64.8 cm³/mol. The molecule has 0 amide bonds. The van der Waals surface area contributed by atoms with Crippen molar-refractivity contribution in [2.24, 2.45) is 0 Å². The summed E-state index contributed by atoms with van der Waals surface area (Å²) in [6.45, 7) is 0.0320. The van der Waals surface area contributed by atoms with E-state index in [1.54, 1.807) is 6.07 Å². The van der Waals surface area contributed by atoms with Crippen molar-refractivity contribution in [3.63, 3.8) is 0 Å². The molecule has 2 nitrogen and oxygen atoms in total. The van der Waals surface area contributed by atoms with Crippen LogP contribution in [0.25, 0.3) is 0 Å². The first-order chi connectivity index (χ1) is 9.11. The molecule has 0 radical (unpaired) electrons. The van der Waals surface area contributed by atoms with Crippen molar-refractivity contribution < 1.29 is 13.2 Å². The third-order valence-corrected chi connectivity index (χ3v) is 2.61. The Morgan fingerprint density at radius 2 is 1.84 bits per heavy atom. The predicted octanol–water partition coefficient (Wildman–Crippen LogP) is 3.59. The van der Waals surface area contributed by atoms with E-state index in [0.29, 0.717) is 0 Å². The SMILES string of the molecule is N#Cc1c(F)cccc1NCc1ccc(F)cc1F. The molecule has 2 aromatic carbocycles. The topological polar surface area (TPSA) is 35.8 Å². The number of nitrogens with one attached hydrogen (secondary N) is 1. The molecule has 0 saturated heterocycles. The minimum absolute atomic E-state index is 0.0320. The Hall–Kier alpha value is -2.48. The van der Waals surface area contributed by atoms with E-state index in [2.05, 4.69) is 5.32 Å². The van der Waals surface area contributed by atoms with E-state index < -0.39 is 17.5 Å². The maximum atomic E-state index is 13.4. The van der Waals surface area contributed by atoms with E-state index in [0.717, 1.165) is 12.1 Å². The minimum atomic E-state index is -0.692. The number of halogens is 3. The lowest BCUT2D eigenvalue weighted by atomic mass is 10.1. The van der Waals surface area contributed by atoms with Crippen LogP contribution in [-0.2, 0) is 6.54 Å². The smallest absolute Gasteiger partial charge is 0.143 e. The quantitative estimate of drug-likeness (QED) is 0.917. The van der Waals surface area contributed by atoms with Gasteiger partial charge in [-0.2, -0.15) is 5.26 Å². The van der Waals surface area contributed by atoms with Crippen LogP contribution in [0.15, 0.2) is 36.4 Å². The highest BCUT2D eigenvalue weighted by molar-refractivity contribution is 5.58. The molecule has 0 unspecified atom stereocenters. The molecule has 0 fully saturated rings. The van der Waals surface area contributed by atoms with Gasteiger partial charge in [0.25, 0.3) is 0 Å². The van der Waals surface area contributed by atoms with Gasteiger partial charge in [0.15, 0.2) is 0 Å². The molecule has 19 heavy (non-hydrogen) atoms. The van der Waals surface area contributed by atoms with Gasteiger partial charge in [-0.05, 0) is 18.2 Å². The lowest BCUT2D eigenvalue weighted by molar-refractivity contribution is 0.574. The van der Waals surface area contributed by atoms with Gasteiger partial charge in [-0.25, -0.2) is 13.2 Å². The number of rotatable bonds is 3. The van der Waals surface area contributed by atoms with Gasteiger partial charge in [0.1, 0.15) is 29.1 Å². The van der Waals surface area contributed by atoms with Crippen molar-refractivity contribution in [1.82, 2.24) is 0 Å². The van der Waals surface area contributed by atoms with Crippen molar-refractivity contribution in [2.75, 3.05) is 5.32 Å². The second-order valence-electron chi connectivity index (χ2n) is 3.86. The molecule has 96 valence electrons. The van der Waals surface area contributed by atoms with E-state index in [1.807, 2.05) is 0 Å². The fourth-order valence-corrected chi connectivity index (χ4v) is 1.64. The summed E-state index contributed by atoms with van der Waals surface area (Å²) in [6, 6.07) is 9.06. The number of benzene rings is 2. The van der Waals surface area contributed by atoms with Crippen LogP contribution in [0.4, 0.5) is 18.9 Å². The molecule has 0 heterocycles. The van der Waals surface area contributed by atoms with Crippen LogP contribution >= 0.6 is 0 Å². The van der Waals surface area contributed by atoms with Crippen molar-refractivity contribution in [2.45, 2.75) is 6.54 Å². The summed E-state index contributed by atoms with van der Waals surface area (Å²) in [6.07, 6.45) is 0. The van der Waals surface area contributed by atoms with E-state index in [9.17, 15) is 13.2 Å². The van der Waals surface area contributed by atoms with Crippen LogP contribution < -0.4 is 5.32 Å². The maximum absolute atomic E-state index is 13.4. The molecule has 0 aliphatic carbocycles. The Morgan fingerprint density at radius 1 is 1.05 bits per heavy atom. The maximum Gasteiger partial charge on any atom is 0.143 e. The molecular formula is C14H9F3N2. The van der Waals surface area contributed by atoms with E-state index in [4.69, 9.17) is 5.26 Å². The molecule has 5 heteroatoms. The zero-order chi connectivity index (χ0) is 13.8. The van der Waals surface area contributed by atoms with Gasteiger partial charge < -0.3 is 5.32 Å². The summed E-state index contributed by atoms with van der Waals surface area (Å²) in [5.41, 5.74) is 0.366. The number of nitrogens with zero attached hydrogens (tertiary/aromatic N) is 1. The first kappa shape index (κ1) is 13.0. The average Bonchev–Trinajstić information content (AvgIpc) is 2.38. The van der Waals surface area contributed by atoms with Crippen molar-refractivity contribution in [3.05, 3.63) is 65.0 Å². The van der Waals surface area contributed by atoms with Gasteiger partial charge >= 0.3 is 0 Å².